The number of piperazine rings is 1. The molecule has 4 rings (SSSR count). The first-order chi connectivity index (χ1) is 14.4. The molecule has 8 heteroatoms. The van der Waals surface area contributed by atoms with E-state index < -0.39 is 5.82 Å². The quantitative estimate of drug-likeness (QED) is 0.626. The molecule has 0 saturated carbocycles. The average Bonchev–Trinajstić information content (AvgIpc) is 3.08. The minimum atomic E-state index is -0.495. The van der Waals surface area contributed by atoms with Crippen molar-refractivity contribution >= 4 is 34.4 Å². The van der Waals surface area contributed by atoms with Gasteiger partial charge >= 0.3 is 0 Å². The summed E-state index contributed by atoms with van der Waals surface area (Å²) in [7, 11) is 1.59. The van der Waals surface area contributed by atoms with E-state index in [1.807, 2.05) is 13.0 Å². The molecular weight excluding hydrogens is 411 g/mol. The Bertz CT molecular complexity index is 1140. The van der Waals surface area contributed by atoms with E-state index in [2.05, 4.69) is 0 Å². The number of benzene rings is 2. The summed E-state index contributed by atoms with van der Waals surface area (Å²) >= 11 is 6.01. The van der Waals surface area contributed by atoms with E-state index in [9.17, 15) is 14.0 Å². The minimum Gasteiger partial charge on any atom is -0.497 e. The van der Waals surface area contributed by atoms with Crippen molar-refractivity contribution < 1.29 is 23.1 Å². The van der Waals surface area contributed by atoms with Crippen LogP contribution in [0.2, 0.25) is 5.02 Å². The number of carbonyl (C=O) groups excluding carboxylic acids is 2. The van der Waals surface area contributed by atoms with E-state index >= 15 is 0 Å². The Morgan fingerprint density at radius 2 is 1.70 bits per heavy atom. The molecular formula is C22H20ClFN2O4. The Kier molecular flexibility index (Phi) is 5.39. The van der Waals surface area contributed by atoms with E-state index in [1.165, 1.54) is 12.1 Å². The van der Waals surface area contributed by atoms with Gasteiger partial charge in [0.25, 0.3) is 11.8 Å². The molecule has 0 bridgehead atoms. The first-order valence-electron chi connectivity index (χ1n) is 9.50. The average molecular weight is 431 g/mol. The number of methoxy groups -OCH3 is 1. The number of hydrogen-bond donors (Lipinski definition) is 0. The second-order valence-corrected chi connectivity index (χ2v) is 7.53. The third kappa shape index (κ3) is 3.61. The summed E-state index contributed by atoms with van der Waals surface area (Å²) in [5.74, 6) is -0.00364. The van der Waals surface area contributed by atoms with Gasteiger partial charge in [-0.1, -0.05) is 11.6 Å². The van der Waals surface area contributed by atoms with Crippen LogP contribution in [0.15, 0.2) is 40.8 Å². The van der Waals surface area contributed by atoms with E-state index in [0.717, 1.165) is 17.0 Å². The summed E-state index contributed by atoms with van der Waals surface area (Å²) in [5, 5.41) is 0.907. The van der Waals surface area contributed by atoms with E-state index in [4.69, 9.17) is 20.8 Å². The maximum atomic E-state index is 13.2. The van der Waals surface area contributed by atoms with Crippen LogP contribution in [0.1, 0.15) is 26.5 Å². The van der Waals surface area contributed by atoms with Crippen molar-refractivity contribution in [1.29, 1.82) is 0 Å². The Morgan fingerprint density at radius 1 is 1.03 bits per heavy atom. The van der Waals surface area contributed by atoms with Gasteiger partial charge in [0.2, 0.25) is 0 Å². The predicted molar refractivity (Wildman–Crippen MR) is 111 cm³/mol. The topological polar surface area (TPSA) is 63.0 Å². The van der Waals surface area contributed by atoms with Crippen LogP contribution in [0.5, 0.6) is 5.75 Å². The number of amides is 2. The number of furan rings is 1. The third-order valence-corrected chi connectivity index (χ3v) is 5.67. The summed E-state index contributed by atoms with van der Waals surface area (Å²) < 4.78 is 24.3. The number of rotatable bonds is 3. The van der Waals surface area contributed by atoms with Crippen LogP contribution in [0.4, 0.5) is 4.39 Å². The second-order valence-electron chi connectivity index (χ2n) is 7.13. The van der Waals surface area contributed by atoms with Gasteiger partial charge in [0, 0.05) is 37.1 Å². The smallest absolute Gasteiger partial charge is 0.290 e. The number of carbonyl (C=O) groups is 2. The zero-order chi connectivity index (χ0) is 21.4. The van der Waals surface area contributed by atoms with Crippen molar-refractivity contribution in [2.45, 2.75) is 6.92 Å². The summed E-state index contributed by atoms with van der Waals surface area (Å²) in [5.41, 5.74) is 1.63. The largest absolute Gasteiger partial charge is 0.497 e. The summed E-state index contributed by atoms with van der Waals surface area (Å²) in [6.45, 7) is 3.28. The zero-order valence-corrected chi connectivity index (χ0v) is 17.3. The molecule has 1 saturated heterocycles. The summed E-state index contributed by atoms with van der Waals surface area (Å²) in [6.07, 6.45) is 0. The van der Waals surface area contributed by atoms with Gasteiger partial charge in [0.1, 0.15) is 17.1 Å². The summed E-state index contributed by atoms with van der Waals surface area (Å²) in [4.78, 5) is 29.0. The molecule has 1 aromatic heterocycles. The monoisotopic (exact) mass is 430 g/mol. The molecule has 3 aromatic rings. The van der Waals surface area contributed by atoms with Crippen LogP contribution in [0.3, 0.4) is 0 Å². The molecule has 156 valence electrons. The normalized spacial score (nSPS) is 14.3. The molecule has 1 aliphatic rings. The molecule has 0 unspecified atom stereocenters. The maximum Gasteiger partial charge on any atom is 0.290 e. The lowest BCUT2D eigenvalue weighted by Crippen LogP contribution is -2.50. The lowest BCUT2D eigenvalue weighted by molar-refractivity contribution is 0.0519. The highest BCUT2D eigenvalue weighted by molar-refractivity contribution is 6.33. The van der Waals surface area contributed by atoms with Crippen LogP contribution in [0.25, 0.3) is 11.0 Å². The number of aryl methyl sites for hydroxylation is 1. The molecule has 1 aliphatic heterocycles. The Morgan fingerprint density at radius 3 is 2.33 bits per heavy atom. The minimum absolute atomic E-state index is 0.0758. The highest BCUT2D eigenvalue weighted by Crippen LogP contribution is 2.30. The second kappa shape index (κ2) is 7.99. The number of hydrogen-bond acceptors (Lipinski definition) is 4. The van der Waals surface area contributed by atoms with Gasteiger partial charge in [-0.2, -0.15) is 0 Å². The van der Waals surface area contributed by atoms with Gasteiger partial charge in [-0.05, 0) is 43.3 Å². The van der Waals surface area contributed by atoms with Crippen molar-refractivity contribution in [1.82, 2.24) is 9.80 Å². The molecule has 1 fully saturated rings. The van der Waals surface area contributed by atoms with E-state index in [-0.39, 0.29) is 22.4 Å². The van der Waals surface area contributed by atoms with Crippen LogP contribution >= 0.6 is 11.6 Å². The van der Waals surface area contributed by atoms with Crippen molar-refractivity contribution in [3.63, 3.8) is 0 Å². The molecule has 2 amide bonds. The van der Waals surface area contributed by atoms with Gasteiger partial charge in [-0.25, -0.2) is 4.39 Å². The standard InChI is InChI=1S/C22H20ClFN2O4/c1-13-17-12-15(29-2)4-6-19(17)30-20(13)22(28)26-9-7-25(8-10-26)21(27)16-5-3-14(24)11-18(16)23/h3-6,11-12H,7-10H2,1-2H3. The fraction of sp³-hybridized carbons (Fsp3) is 0.273. The number of nitrogens with zero attached hydrogens (tertiary/aromatic N) is 2. The van der Waals surface area contributed by atoms with Crippen molar-refractivity contribution in [3.8, 4) is 5.75 Å². The first-order valence-corrected chi connectivity index (χ1v) is 9.87. The fourth-order valence-electron chi connectivity index (χ4n) is 3.62. The van der Waals surface area contributed by atoms with Gasteiger partial charge in [0.05, 0.1) is 17.7 Å². The van der Waals surface area contributed by atoms with Gasteiger partial charge in [-0.15, -0.1) is 0 Å². The SMILES string of the molecule is COc1ccc2oc(C(=O)N3CCN(C(=O)c4ccc(F)cc4Cl)CC3)c(C)c2c1. The number of fused-ring (bicyclic) bond motifs is 1. The molecule has 0 aliphatic carbocycles. The highest BCUT2D eigenvalue weighted by Gasteiger charge is 2.29. The molecule has 0 radical (unpaired) electrons. The Hall–Kier alpha value is -3.06. The van der Waals surface area contributed by atoms with Crippen LogP contribution in [-0.4, -0.2) is 54.9 Å². The molecule has 0 spiro atoms. The van der Waals surface area contributed by atoms with Crippen molar-refractivity contribution in [2.24, 2.45) is 0 Å². The lowest BCUT2D eigenvalue weighted by Gasteiger charge is -2.34. The molecule has 0 N–H and O–H groups in total. The number of halogens is 2. The van der Waals surface area contributed by atoms with Crippen molar-refractivity contribution in [2.75, 3.05) is 33.3 Å². The highest BCUT2D eigenvalue weighted by atomic mass is 35.5. The summed E-state index contributed by atoms with van der Waals surface area (Å²) in [6, 6.07) is 9.11. The Balaban J connectivity index is 1.47. The fourth-order valence-corrected chi connectivity index (χ4v) is 3.87. The third-order valence-electron chi connectivity index (χ3n) is 5.35. The van der Waals surface area contributed by atoms with E-state index in [1.54, 1.807) is 29.0 Å². The lowest BCUT2D eigenvalue weighted by atomic mass is 10.1. The van der Waals surface area contributed by atoms with Gasteiger partial charge < -0.3 is 19.0 Å². The molecule has 6 nitrogen and oxygen atoms in total. The molecule has 2 heterocycles. The van der Waals surface area contributed by atoms with Crippen molar-refractivity contribution in [3.05, 3.63) is 64.1 Å². The van der Waals surface area contributed by atoms with Gasteiger partial charge in [0.15, 0.2) is 5.76 Å². The molecule has 0 atom stereocenters. The van der Waals surface area contributed by atoms with Crippen LogP contribution < -0.4 is 4.74 Å². The first kappa shape index (κ1) is 20.2. The van der Waals surface area contributed by atoms with E-state index in [0.29, 0.717) is 43.3 Å². The predicted octanol–water partition coefficient (Wildman–Crippen LogP) is 4.14. The zero-order valence-electron chi connectivity index (χ0n) is 16.6. The molecule has 2 aromatic carbocycles. The van der Waals surface area contributed by atoms with Gasteiger partial charge in [-0.3, -0.25) is 9.59 Å². The van der Waals surface area contributed by atoms with Crippen LogP contribution in [-0.2, 0) is 0 Å². The van der Waals surface area contributed by atoms with Crippen LogP contribution in [0, 0.1) is 12.7 Å². The maximum absolute atomic E-state index is 13.2. The number of ether oxygens (including phenoxy) is 1. The molecule has 30 heavy (non-hydrogen) atoms. The Labute approximate surface area is 177 Å².